The van der Waals surface area contributed by atoms with Crippen molar-refractivity contribution >= 4 is 36.4 Å². The molecule has 1 aliphatic heterocycles. The molecule has 11 heteroatoms. The van der Waals surface area contributed by atoms with E-state index in [9.17, 15) is 24.3 Å². The van der Waals surface area contributed by atoms with Crippen molar-refractivity contribution in [1.29, 1.82) is 0 Å². The molecule has 188 valence electrons. The SMILES string of the molecule is CC(C)[C@H](NC[C@@H](N)CS)C(=O)N1Cc2ccccc2C[C@H]1C(=O)N[C@@H](CCC(=O)O)C(=O)O. The molecular formula is C23H34N4O6S. The minimum Gasteiger partial charge on any atom is -0.481 e. The van der Waals surface area contributed by atoms with E-state index < -0.39 is 42.4 Å². The molecule has 0 saturated carbocycles. The molecular weight excluding hydrogens is 460 g/mol. The van der Waals surface area contributed by atoms with Crippen LogP contribution in [-0.4, -0.2) is 75.3 Å². The Hall–Kier alpha value is -2.63. The van der Waals surface area contributed by atoms with Gasteiger partial charge in [0.25, 0.3) is 0 Å². The summed E-state index contributed by atoms with van der Waals surface area (Å²) in [5.74, 6) is -3.05. The first-order chi connectivity index (χ1) is 16.0. The molecule has 1 aromatic carbocycles. The fourth-order valence-corrected chi connectivity index (χ4v) is 4.04. The van der Waals surface area contributed by atoms with Crippen molar-refractivity contribution in [2.24, 2.45) is 11.7 Å². The van der Waals surface area contributed by atoms with Gasteiger partial charge in [-0.25, -0.2) is 4.79 Å². The Bertz CT molecular complexity index is 896. The second kappa shape index (κ2) is 12.7. The molecule has 1 heterocycles. The zero-order valence-electron chi connectivity index (χ0n) is 19.4. The van der Waals surface area contributed by atoms with E-state index in [4.69, 9.17) is 10.8 Å². The number of hydrogen-bond acceptors (Lipinski definition) is 7. The van der Waals surface area contributed by atoms with E-state index >= 15 is 0 Å². The third-order valence-electron chi connectivity index (χ3n) is 5.86. The number of thiol groups is 1. The molecule has 0 aromatic heterocycles. The van der Waals surface area contributed by atoms with E-state index in [2.05, 4.69) is 23.3 Å². The number of hydrogen-bond donors (Lipinski definition) is 6. The van der Waals surface area contributed by atoms with Crippen molar-refractivity contribution < 1.29 is 29.4 Å². The van der Waals surface area contributed by atoms with Crippen molar-refractivity contribution in [2.45, 2.75) is 63.8 Å². The highest BCUT2D eigenvalue weighted by Crippen LogP contribution is 2.25. The van der Waals surface area contributed by atoms with Crippen molar-refractivity contribution in [1.82, 2.24) is 15.5 Å². The van der Waals surface area contributed by atoms with Crippen LogP contribution in [0, 0.1) is 5.92 Å². The number of amides is 2. The van der Waals surface area contributed by atoms with E-state index in [0.717, 1.165) is 11.1 Å². The number of carboxylic acid groups (broad SMARTS) is 2. The molecule has 0 unspecified atom stereocenters. The molecule has 1 aromatic rings. The maximum atomic E-state index is 13.6. The summed E-state index contributed by atoms with van der Waals surface area (Å²) in [6.07, 6.45) is -0.441. The monoisotopic (exact) mass is 494 g/mol. The first-order valence-electron chi connectivity index (χ1n) is 11.3. The Morgan fingerprint density at radius 3 is 2.38 bits per heavy atom. The first-order valence-corrected chi connectivity index (χ1v) is 11.9. The molecule has 0 saturated heterocycles. The average molecular weight is 495 g/mol. The largest absolute Gasteiger partial charge is 0.481 e. The fraction of sp³-hybridized carbons (Fsp3) is 0.565. The van der Waals surface area contributed by atoms with Crippen LogP contribution < -0.4 is 16.4 Å². The number of carbonyl (C=O) groups is 4. The number of aliphatic carboxylic acids is 2. The van der Waals surface area contributed by atoms with Gasteiger partial charge in [-0.3, -0.25) is 14.4 Å². The molecule has 2 amide bonds. The second-order valence-corrected chi connectivity index (χ2v) is 9.22. The lowest BCUT2D eigenvalue weighted by atomic mass is 9.91. The zero-order valence-corrected chi connectivity index (χ0v) is 20.3. The quantitative estimate of drug-likeness (QED) is 0.225. The van der Waals surface area contributed by atoms with E-state index in [0.29, 0.717) is 12.3 Å². The minimum atomic E-state index is -1.37. The molecule has 0 radical (unpaired) electrons. The lowest BCUT2D eigenvalue weighted by molar-refractivity contribution is -0.147. The summed E-state index contributed by atoms with van der Waals surface area (Å²) in [6.45, 7) is 4.35. The number of carbonyl (C=O) groups excluding carboxylic acids is 2. The van der Waals surface area contributed by atoms with E-state index in [1.54, 1.807) is 0 Å². The molecule has 0 spiro atoms. The molecule has 10 nitrogen and oxygen atoms in total. The van der Waals surface area contributed by atoms with Gasteiger partial charge in [-0.15, -0.1) is 0 Å². The normalized spacial score (nSPS) is 18.0. The van der Waals surface area contributed by atoms with Crippen molar-refractivity contribution in [3.8, 4) is 0 Å². The standard InChI is InChI=1S/C23H34N4O6S/c1-13(2)20(25-10-16(24)12-34)22(31)27-11-15-6-4-3-5-14(15)9-18(27)21(30)26-17(23(32)33)7-8-19(28)29/h3-6,13,16-18,20,25,34H,7-12,24H2,1-2H3,(H,26,30)(H,28,29)(H,32,33)/t16-,17+,18+,20+/m1/s1. The van der Waals surface area contributed by atoms with Gasteiger partial charge in [0.2, 0.25) is 11.8 Å². The summed E-state index contributed by atoms with van der Waals surface area (Å²) >= 11 is 4.18. The van der Waals surface area contributed by atoms with Crippen LogP contribution >= 0.6 is 12.6 Å². The lowest BCUT2D eigenvalue weighted by Crippen LogP contribution is -2.60. The number of nitrogens with one attached hydrogen (secondary N) is 2. The Kier molecular flexibility index (Phi) is 10.3. The van der Waals surface area contributed by atoms with Gasteiger partial charge >= 0.3 is 11.9 Å². The summed E-state index contributed by atoms with van der Waals surface area (Å²) in [5.41, 5.74) is 7.76. The van der Waals surface area contributed by atoms with Crippen LogP contribution in [-0.2, 0) is 32.1 Å². The zero-order chi connectivity index (χ0) is 25.4. The highest BCUT2D eigenvalue weighted by atomic mass is 32.1. The Morgan fingerprint density at radius 1 is 1.18 bits per heavy atom. The smallest absolute Gasteiger partial charge is 0.326 e. The molecule has 2 rings (SSSR count). The van der Waals surface area contributed by atoms with Crippen molar-refractivity contribution in [3.05, 3.63) is 35.4 Å². The summed E-state index contributed by atoms with van der Waals surface area (Å²) in [5, 5.41) is 24.0. The minimum absolute atomic E-state index is 0.0946. The number of benzene rings is 1. The Labute approximate surface area is 204 Å². The number of fused-ring (bicyclic) bond motifs is 1. The van der Waals surface area contributed by atoms with Gasteiger partial charge in [0.1, 0.15) is 12.1 Å². The van der Waals surface area contributed by atoms with Crippen LogP contribution in [0.3, 0.4) is 0 Å². The molecule has 34 heavy (non-hydrogen) atoms. The highest BCUT2D eigenvalue weighted by molar-refractivity contribution is 7.80. The third kappa shape index (κ3) is 7.44. The highest BCUT2D eigenvalue weighted by Gasteiger charge is 2.39. The maximum absolute atomic E-state index is 13.6. The molecule has 0 aliphatic carbocycles. The van der Waals surface area contributed by atoms with Crippen molar-refractivity contribution in [3.63, 3.8) is 0 Å². The second-order valence-electron chi connectivity index (χ2n) is 8.86. The summed E-state index contributed by atoms with van der Waals surface area (Å²) in [6, 6.07) is 4.32. The summed E-state index contributed by atoms with van der Waals surface area (Å²) < 4.78 is 0. The predicted octanol–water partition coefficient (Wildman–Crippen LogP) is 0.245. The summed E-state index contributed by atoms with van der Waals surface area (Å²) in [7, 11) is 0. The van der Waals surface area contributed by atoms with Crippen LogP contribution in [0.1, 0.15) is 37.8 Å². The van der Waals surface area contributed by atoms with Gasteiger partial charge in [0.15, 0.2) is 0 Å². The molecule has 0 bridgehead atoms. The van der Waals surface area contributed by atoms with E-state index in [1.165, 1.54) is 4.90 Å². The Balaban J connectivity index is 2.30. The van der Waals surface area contributed by atoms with Crippen LogP contribution in [0.25, 0.3) is 0 Å². The van der Waals surface area contributed by atoms with E-state index in [-0.39, 0.29) is 37.3 Å². The van der Waals surface area contributed by atoms with Gasteiger partial charge in [-0.2, -0.15) is 12.6 Å². The van der Waals surface area contributed by atoms with Gasteiger partial charge < -0.3 is 31.5 Å². The number of carboxylic acids is 2. The molecule has 0 fully saturated rings. The van der Waals surface area contributed by atoms with Gasteiger partial charge in [0, 0.05) is 37.7 Å². The predicted molar refractivity (Wildman–Crippen MR) is 129 cm³/mol. The lowest BCUT2D eigenvalue weighted by Gasteiger charge is -2.39. The van der Waals surface area contributed by atoms with Crippen LogP contribution in [0.2, 0.25) is 0 Å². The molecule has 4 atom stereocenters. The van der Waals surface area contributed by atoms with Crippen molar-refractivity contribution in [2.75, 3.05) is 12.3 Å². The molecule has 1 aliphatic rings. The summed E-state index contributed by atoms with van der Waals surface area (Å²) in [4.78, 5) is 50.8. The van der Waals surface area contributed by atoms with Crippen LogP contribution in [0.5, 0.6) is 0 Å². The number of rotatable bonds is 12. The van der Waals surface area contributed by atoms with Gasteiger partial charge in [0.05, 0.1) is 6.04 Å². The van der Waals surface area contributed by atoms with Crippen LogP contribution in [0.15, 0.2) is 24.3 Å². The molecule has 6 N–H and O–H groups in total. The number of nitrogens with two attached hydrogens (primary N) is 1. The maximum Gasteiger partial charge on any atom is 0.326 e. The average Bonchev–Trinajstić information content (AvgIpc) is 2.79. The third-order valence-corrected chi connectivity index (χ3v) is 6.33. The van der Waals surface area contributed by atoms with Crippen LogP contribution in [0.4, 0.5) is 0 Å². The van der Waals surface area contributed by atoms with Gasteiger partial charge in [-0.05, 0) is 23.5 Å². The topological polar surface area (TPSA) is 162 Å². The van der Waals surface area contributed by atoms with E-state index in [1.807, 2.05) is 38.1 Å². The fourth-order valence-electron chi connectivity index (χ4n) is 3.91. The first kappa shape index (κ1) is 27.6. The Morgan fingerprint density at radius 2 is 1.82 bits per heavy atom. The van der Waals surface area contributed by atoms with Gasteiger partial charge in [-0.1, -0.05) is 38.1 Å². The number of nitrogens with zero attached hydrogens (tertiary/aromatic N) is 1.